The number of rotatable bonds is 3. The molecule has 0 amide bonds. The predicted octanol–water partition coefficient (Wildman–Crippen LogP) is 1.57. The van der Waals surface area contributed by atoms with Crippen LogP contribution in [0.5, 0.6) is 0 Å². The molecule has 1 fully saturated rings. The fourth-order valence-electron chi connectivity index (χ4n) is 0.304. The van der Waals surface area contributed by atoms with Crippen molar-refractivity contribution in [1.29, 1.82) is 0 Å². The van der Waals surface area contributed by atoms with E-state index in [0.717, 1.165) is 0 Å². The SMILES string of the molecule is FP(F)OCC1CO1. The lowest BCUT2D eigenvalue weighted by Gasteiger charge is -1.93. The van der Waals surface area contributed by atoms with E-state index in [1.807, 2.05) is 0 Å². The van der Waals surface area contributed by atoms with Crippen LogP contribution in [0.1, 0.15) is 0 Å². The highest BCUT2D eigenvalue weighted by Gasteiger charge is 2.24. The summed E-state index contributed by atoms with van der Waals surface area (Å²) in [7, 11) is -3.17. The minimum Gasteiger partial charge on any atom is -0.371 e. The zero-order chi connectivity index (χ0) is 5.98. The highest BCUT2D eigenvalue weighted by molar-refractivity contribution is 7.40. The second-order valence-corrected chi connectivity index (χ2v) is 2.12. The molecule has 0 aliphatic carbocycles. The zero-order valence-electron chi connectivity index (χ0n) is 4.01. The first-order chi connectivity index (χ1) is 3.79. The van der Waals surface area contributed by atoms with Crippen LogP contribution in [0, 0.1) is 0 Å². The molecular formula is C3H5F2O2P. The molecule has 0 aromatic heterocycles. The molecule has 0 aromatic carbocycles. The molecule has 8 heavy (non-hydrogen) atoms. The highest BCUT2D eigenvalue weighted by atomic mass is 31.2. The predicted molar refractivity (Wildman–Crippen MR) is 24.8 cm³/mol. The number of halogens is 2. The molecule has 2 nitrogen and oxygen atoms in total. The van der Waals surface area contributed by atoms with Gasteiger partial charge in [0.1, 0.15) is 6.10 Å². The Hall–Kier alpha value is 0.210. The first kappa shape index (κ1) is 6.33. The summed E-state index contributed by atoms with van der Waals surface area (Å²) in [6.07, 6.45) is -0.0495. The fourth-order valence-corrected chi connectivity index (χ4v) is 0.583. The van der Waals surface area contributed by atoms with Crippen molar-refractivity contribution in [3.05, 3.63) is 0 Å². The Labute approximate surface area is 46.9 Å². The second kappa shape index (κ2) is 2.67. The summed E-state index contributed by atoms with van der Waals surface area (Å²) < 4.78 is 31.0. The van der Waals surface area contributed by atoms with Gasteiger partial charge in [-0.1, -0.05) is 0 Å². The van der Waals surface area contributed by atoms with Gasteiger partial charge in [0.05, 0.1) is 13.2 Å². The molecule has 1 unspecified atom stereocenters. The summed E-state index contributed by atoms with van der Waals surface area (Å²) in [5, 5.41) is 0. The highest BCUT2D eigenvalue weighted by Crippen LogP contribution is 2.40. The van der Waals surface area contributed by atoms with Crippen molar-refractivity contribution in [3.63, 3.8) is 0 Å². The van der Waals surface area contributed by atoms with E-state index in [1.165, 1.54) is 0 Å². The van der Waals surface area contributed by atoms with Gasteiger partial charge in [-0.05, 0) is 0 Å². The molecule has 0 saturated carbocycles. The number of hydrogen-bond donors (Lipinski definition) is 0. The van der Waals surface area contributed by atoms with Gasteiger partial charge in [-0.2, -0.15) is 8.39 Å². The van der Waals surface area contributed by atoms with E-state index in [2.05, 4.69) is 9.26 Å². The van der Waals surface area contributed by atoms with E-state index in [-0.39, 0.29) is 12.7 Å². The molecule has 1 heterocycles. The fraction of sp³-hybridized carbons (Fsp3) is 1.00. The van der Waals surface area contributed by atoms with Gasteiger partial charge in [0.2, 0.25) is 0 Å². The van der Waals surface area contributed by atoms with Gasteiger partial charge in [-0.15, -0.1) is 0 Å². The summed E-state index contributed by atoms with van der Waals surface area (Å²) in [6, 6.07) is 0. The lowest BCUT2D eigenvalue weighted by molar-refractivity contribution is 0.259. The van der Waals surface area contributed by atoms with Crippen LogP contribution in [0.25, 0.3) is 0 Å². The third kappa shape index (κ3) is 2.50. The zero-order valence-corrected chi connectivity index (χ0v) is 4.91. The monoisotopic (exact) mass is 142 g/mol. The summed E-state index contributed by atoms with van der Waals surface area (Å²) in [4.78, 5) is 0. The topological polar surface area (TPSA) is 21.8 Å². The number of epoxide rings is 1. The minimum absolute atomic E-state index is 0.0495. The number of hydrogen-bond acceptors (Lipinski definition) is 2. The van der Waals surface area contributed by atoms with Crippen LogP contribution in [0.3, 0.4) is 0 Å². The molecule has 1 aliphatic rings. The van der Waals surface area contributed by atoms with E-state index in [9.17, 15) is 8.39 Å². The molecule has 1 aliphatic heterocycles. The first-order valence-corrected chi connectivity index (χ1v) is 3.19. The van der Waals surface area contributed by atoms with Crippen LogP contribution in [0.4, 0.5) is 8.39 Å². The van der Waals surface area contributed by atoms with E-state index < -0.39 is 8.77 Å². The van der Waals surface area contributed by atoms with Crippen molar-refractivity contribution in [2.45, 2.75) is 6.10 Å². The molecule has 1 saturated heterocycles. The van der Waals surface area contributed by atoms with Crippen molar-refractivity contribution >= 4 is 8.77 Å². The molecule has 0 spiro atoms. The lowest BCUT2D eigenvalue weighted by atomic mass is 10.5. The molecule has 1 rings (SSSR count). The Kier molecular flexibility index (Phi) is 2.11. The Morgan fingerprint density at radius 3 is 2.75 bits per heavy atom. The third-order valence-corrected chi connectivity index (χ3v) is 1.10. The Balaban J connectivity index is 1.87. The normalized spacial score (nSPS) is 26.6. The second-order valence-electron chi connectivity index (χ2n) is 1.45. The lowest BCUT2D eigenvalue weighted by Crippen LogP contribution is -1.93. The average molecular weight is 142 g/mol. The van der Waals surface area contributed by atoms with Gasteiger partial charge in [-0.3, -0.25) is 0 Å². The molecule has 1 atom stereocenters. The van der Waals surface area contributed by atoms with Crippen LogP contribution in [-0.2, 0) is 9.26 Å². The Bertz CT molecular complexity index is 73.7. The molecule has 0 radical (unpaired) electrons. The van der Waals surface area contributed by atoms with Crippen LogP contribution in [0.15, 0.2) is 0 Å². The van der Waals surface area contributed by atoms with Gasteiger partial charge < -0.3 is 9.26 Å². The maximum absolute atomic E-state index is 11.2. The van der Waals surface area contributed by atoms with Crippen LogP contribution < -0.4 is 0 Å². The molecular weight excluding hydrogens is 137 g/mol. The maximum Gasteiger partial charge on any atom is 0.415 e. The van der Waals surface area contributed by atoms with Gasteiger partial charge in [-0.25, -0.2) is 0 Å². The van der Waals surface area contributed by atoms with Crippen molar-refractivity contribution in [2.24, 2.45) is 0 Å². The minimum atomic E-state index is -3.17. The smallest absolute Gasteiger partial charge is 0.371 e. The van der Waals surface area contributed by atoms with Crippen molar-refractivity contribution in [3.8, 4) is 0 Å². The Morgan fingerprint density at radius 2 is 2.38 bits per heavy atom. The van der Waals surface area contributed by atoms with Crippen LogP contribution >= 0.6 is 8.77 Å². The molecule has 0 N–H and O–H groups in total. The van der Waals surface area contributed by atoms with E-state index >= 15 is 0 Å². The molecule has 48 valence electrons. The molecule has 0 aromatic rings. The van der Waals surface area contributed by atoms with E-state index in [0.29, 0.717) is 6.61 Å². The first-order valence-electron chi connectivity index (χ1n) is 2.15. The van der Waals surface area contributed by atoms with Crippen molar-refractivity contribution in [2.75, 3.05) is 13.2 Å². The average Bonchev–Trinajstić information content (AvgIpc) is 2.41. The Morgan fingerprint density at radius 1 is 1.75 bits per heavy atom. The van der Waals surface area contributed by atoms with Gasteiger partial charge >= 0.3 is 8.77 Å². The van der Waals surface area contributed by atoms with E-state index in [1.54, 1.807) is 0 Å². The van der Waals surface area contributed by atoms with Gasteiger partial charge in [0, 0.05) is 0 Å². The van der Waals surface area contributed by atoms with Crippen LogP contribution in [-0.4, -0.2) is 19.3 Å². The van der Waals surface area contributed by atoms with E-state index in [4.69, 9.17) is 0 Å². The standard InChI is InChI=1S/C3H5F2O2P/c4-8(5)7-2-3-1-6-3/h3H,1-2H2. The summed E-state index contributed by atoms with van der Waals surface area (Å²) >= 11 is 0. The quantitative estimate of drug-likeness (QED) is 0.440. The maximum atomic E-state index is 11.2. The van der Waals surface area contributed by atoms with Gasteiger partial charge in [0.15, 0.2) is 0 Å². The van der Waals surface area contributed by atoms with Crippen LogP contribution in [0.2, 0.25) is 0 Å². The largest absolute Gasteiger partial charge is 0.415 e. The van der Waals surface area contributed by atoms with Crippen molar-refractivity contribution in [1.82, 2.24) is 0 Å². The molecule has 0 bridgehead atoms. The van der Waals surface area contributed by atoms with Crippen molar-refractivity contribution < 1.29 is 17.7 Å². The third-order valence-electron chi connectivity index (χ3n) is 0.760. The number of ether oxygens (including phenoxy) is 1. The summed E-state index contributed by atoms with van der Waals surface area (Å²) in [6.45, 7) is 0.627. The molecule has 5 heteroatoms. The summed E-state index contributed by atoms with van der Waals surface area (Å²) in [5.74, 6) is 0. The summed E-state index contributed by atoms with van der Waals surface area (Å²) in [5.41, 5.74) is 0. The van der Waals surface area contributed by atoms with Gasteiger partial charge in [0.25, 0.3) is 0 Å².